The Hall–Kier alpha value is -3.06. The van der Waals surface area contributed by atoms with Crippen molar-refractivity contribution >= 4 is 17.7 Å². The number of hydrogen-bond acceptors (Lipinski definition) is 4. The number of nitrogens with one attached hydrogen (secondary N) is 1. The zero-order valence-electron chi connectivity index (χ0n) is 20.0. The summed E-state index contributed by atoms with van der Waals surface area (Å²) in [5.41, 5.74) is 1.72. The van der Waals surface area contributed by atoms with E-state index in [-0.39, 0.29) is 11.4 Å². The number of carbonyl (C=O) groups excluding carboxylic acids is 1. The molecule has 0 saturated heterocycles. The number of para-hydroxylation sites is 1. The van der Waals surface area contributed by atoms with Crippen molar-refractivity contribution in [2.75, 3.05) is 31.6 Å². The Morgan fingerprint density at radius 3 is 2.27 bits per heavy atom. The molecule has 2 amide bonds. The summed E-state index contributed by atoms with van der Waals surface area (Å²) >= 11 is 0. The van der Waals surface area contributed by atoms with E-state index in [9.17, 15) is 14.7 Å². The van der Waals surface area contributed by atoms with E-state index in [0.717, 1.165) is 17.7 Å². The highest BCUT2D eigenvalue weighted by Crippen LogP contribution is 2.20. The highest BCUT2D eigenvalue weighted by molar-refractivity contribution is 5.89. The Labute approximate surface area is 196 Å². The van der Waals surface area contributed by atoms with Crippen molar-refractivity contribution in [2.24, 2.45) is 5.41 Å². The van der Waals surface area contributed by atoms with Crippen LogP contribution in [0, 0.1) is 5.41 Å². The maximum Gasteiger partial charge on any atom is 0.333 e. The molecule has 2 aromatic rings. The standard InChI is InChI=1S/C26H36N2O5/c1-5-32-23(24(29)30)19-20-11-13-22(14-12-20)33-18-17-28(16-15-26(2,3)4)25(31)27-21-9-7-6-8-10-21/h6-14,23H,5,15-19H2,1-4H3,(H,27,31)(H,29,30). The molecule has 0 bridgehead atoms. The molecule has 2 N–H and O–H groups in total. The van der Waals surface area contributed by atoms with E-state index >= 15 is 0 Å². The van der Waals surface area contributed by atoms with Gasteiger partial charge in [0.05, 0.1) is 6.54 Å². The lowest BCUT2D eigenvalue weighted by Crippen LogP contribution is -2.39. The van der Waals surface area contributed by atoms with Crippen LogP contribution in [0.3, 0.4) is 0 Å². The molecule has 1 unspecified atom stereocenters. The lowest BCUT2D eigenvalue weighted by molar-refractivity contribution is -0.149. The topological polar surface area (TPSA) is 88.1 Å². The van der Waals surface area contributed by atoms with Gasteiger partial charge in [-0.25, -0.2) is 9.59 Å². The molecule has 7 heteroatoms. The Morgan fingerprint density at radius 2 is 1.70 bits per heavy atom. The van der Waals surface area contributed by atoms with Crippen molar-refractivity contribution in [2.45, 2.75) is 46.6 Å². The lowest BCUT2D eigenvalue weighted by atomic mass is 9.92. The average molecular weight is 457 g/mol. The van der Waals surface area contributed by atoms with Gasteiger partial charge in [0.15, 0.2) is 6.10 Å². The van der Waals surface area contributed by atoms with Crippen LogP contribution in [0.25, 0.3) is 0 Å². The minimum Gasteiger partial charge on any atom is -0.492 e. The van der Waals surface area contributed by atoms with Gasteiger partial charge in [-0.15, -0.1) is 0 Å². The average Bonchev–Trinajstić information content (AvgIpc) is 2.76. The Morgan fingerprint density at radius 1 is 1.03 bits per heavy atom. The summed E-state index contributed by atoms with van der Waals surface area (Å²) in [5.74, 6) is -0.303. The number of anilines is 1. The van der Waals surface area contributed by atoms with Crippen LogP contribution in [0.15, 0.2) is 54.6 Å². The molecule has 33 heavy (non-hydrogen) atoms. The number of benzene rings is 2. The van der Waals surface area contributed by atoms with Gasteiger partial charge in [0.25, 0.3) is 0 Å². The molecule has 0 spiro atoms. The van der Waals surface area contributed by atoms with Crippen LogP contribution in [-0.2, 0) is 16.0 Å². The number of rotatable bonds is 12. The lowest BCUT2D eigenvalue weighted by Gasteiger charge is -2.27. The van der Waals surface area contributed by atoms with Gasteiger partial charge >= 0.3 is 12.0 Å². The first-order valence-corrected chi connectivity index (χ1v) is 11.3. The van der Waals surface area contributed by atoms with Crippen LogP contribution >= 0.6 is 0 Å². The fraction of sp³-hybridized carbons (Fsp3) is 0.462. The van der Waals surface area contributed by atoms with Gasteiger partial charge in [-0.1, -0.05) is 51.1 Å². The van der Waals surface area contributed by atoms with E-state index in [1.807, 2.05) is 54.6 Å². The molecular formula is C26H36N2O5. The van der Waals surface area contributed by atoms with Gasteiger partial charge in [0.1, 0.15) is 12.4 Å². The molecule has 0 heterocycles. The third-order valence-electron chi connectivity index (χ3n) is 5.06. The number of urea groups is 1. The van der Waals surface area contributed by atoms with Gasteiger partial charge in [-0.05, 0) is 48.6 Å². The molecule has 0 saturated carbocycles. The van der Waals surface area contributed by atoms with E-state index in [2.05, 4.69) is 26.1 Å². The third kappa shape index (κ3) is 9.95. The number of hydrogen-bond donors (Lipinski definition) is 2. The minimum atomic E-state index is -0.971. The smallest absolute Gasteiger partial charge is 0.333 e. The maximum atomic E-state index is 12.8. The van der Waals surface area contributed by atoms with Gasteiger partial charge in [0, 0.05) is 25.3 Å². The van der Waals surface area contributed by atoms with Gasteiger partial charge in [-0.3, -0.25) is 0 Å². The summed E-state index contributed by atoms with van der Waals surface area (Å²) in [4.78, 5) is 25.9. The van der Waals surface area contributed by atoms with E-state index in [4.69, 9.17) is 9.47 Å². The van der Waals surface area contributed by atoms with Crippen molar-refractivity contribution in [1.29, 1.82) is 0 Å². The third-order valence-corrected chi connectivity index (χ3v) is 5.06. The second-order valence-corrected chi connectivity index (χ2v) is 9.07. The summed E-state index contributed by atoms with van der Waals surface area (Å²) in [5, 5.41) is 12.2. The summed E-state index contributed by atoms with van der Waals surface area (Å²) in [6, 6.07) is 16.5. The minimum absolute atomic E-state index is 0.108. The molecule has 0 fully saturated rings. The van der Waals surface area contributed by atoms with Crippen molar-refractivity contribution in [3.63, 3.8) is 0 Å². The molecule has 0 aliphatic heterocycles. The SMILES string of the molecule is CCOC(Cc1ccc(OCCN(CCC(C)(C)C)C(=O)Nc2ccccc2)cc1)C(=O)O. The monoisotopic (exact) mass is 456 g/mol. The van der Waals surface area contributed by atoms with Gasteiger partial charge in [-0.2, -0.15) is 0 Å². The normalized spacial score (nSPS) is 12.1. The molecule has 180 valence electrons. The van der Waals surface area contributed by atoms with Crippen LogP contribution in [-0.4, -0.2) is 54.4 Å². The van der Waals surface area contributed by atoms with Crippen molar-refractivity contribution in [3.8, 4) is 5.75 Å². The van der Waals surface area contributed by atoms with Gasteiger partial charge in [0.2, 0.25) is 0 Å². The summed E-state index contributed by atoms with van der Waals surface area (Å²) < 4.78 is 11.1. The first-order valence-electron chi connectivity index (χ1n) is 11.3. The van der Waals surface area contributed by atoms with Crippen molar-refractivity contribution in [3.05, 3.63) is 60.2 Å². The Balaban J connectivity index is 1.92. The first-order chi connectivity index (χ1) is 15.7. The summed E-state index contributed by atoms with van der Waals surface area (Å²) in [6.07, 6.45) is 0.305. The fourth-order valence-corrected chi connectivity index (χ4v) is 3.14. The van der Waals surface area contributed by atoms with Gasteiger partial charge < -0.3 is 24.8 Å². The Kier molecular flexibility index (Phi) is 10.2. The molecular weight excluding hydrogens is 420 g/mol. The van der Waals surface area contributed by atoms with Crippen LogP contribution in [0.1, 0.15) is 39.7 Å². The molecule has 1 atom stereocenters. The van der Waals surface area contributed by atoms with Crippen LogP contribution < -0.4 is 10.1 Å². The number of ether oxygens (including phenoxy) is 2. The maximum absolute atomic E-state index is 12.8. The number of aliphatic carboxylic acids is 1. The highest BCUT2D eigenvalue weighted by atomic mass is 16.5. The zero-order chi connectivity index (χ0) is 24.3. The van der Waals surface area contributed by atoms with E-state index < -0.39 is 12.1 Å². The van der Waals surface area contributed by atoms with E-state index in [1.54, 1.807) is 11.8 Å². The predicted molar refractivity (Wildman–Crippen MR) is 130 cm³/mol. The number of carboxylic acids is 1. The Bertz CT molecular complexity index is 863. The zero-order valence-corrected chi connectivity index (χ0v) is 20.0. The highest BCUT2D eigenvalue weighted by Gasteiger charge is 2.19. The number of nitrogens with zero attached hydrogens (tertiary/aromatic N) is 1. The molecule has 0 aliphatic rings. The predicted octanol–water partition coefficient (Wildman–Crippen LogP) is 5.07. The second kappa shape index (κ2) is 12.8. The molecule has 2 aromatic carbocycles. The number of carboxylic acid groups (broad SMARTS) is 1. The summed E-state index contributed by atoms with van der Waals surface area (Å²) in [7, 11) is 0. The van der Waals surface area contributed by atoms with E-state index in [1.165, 1.54) is 0 Å². The van der Waals surface area contributed by atoms with Crippen LogP contribution in [0.2, 0.25) is 0 Å². The fourth-order valence-electron chi connectivity index (χ4n) is 3.14. The molecule has 7 nitrogen and oxygen atoms in total. The number of amides is 2. The molecule has 2 rings (SSSR count). The summed E-state index contributed by atoms with van der Waals surface area (Å²) in [6.45, 7) is 10.00. The van der Waals surface area contributed by atoms with Crippen molar-refractivity contribution in [1.82, 2.24) is 4.90 Å². The second-order valence-electron chi connectivity index (χ2n) is 9.07. The van der Waals surface area contributed by atoms with Crippen LogP contribution in [0.4, 0.5) is 10.5 Å². The quantitative estimate of drug-likeness (QED) is 0.466. The van der Waals surface area contributed by atoms with Crippen LogP contribution in [0.5, 0.6) is 5.75 Å². The number of carbonyl (C=O) groups is 2. The molecule has 0 radical (unpaired) electrons. The molecule has 0 aromatic heterocycles. The van der Waals surface area contributed by atoms with Crippen molar-refractivity contribution < 1.29 is 24.2 Å². The molecule has 0 aliphatic carbocycles. The van der Waals surface area contributed by atoms with E-state index in [0.29, 0.717) is 38.5 Å². The first kappa shape index (κ1) is 26.2. The largest absolute Gasteiger partial charge is 0.492 e.